The molecule has 26 heavy (non-hydrogen) atoms. The third kappa shape index (κ3) is 4.43. The maximum atomic E-state index is 12.7. The number of aromatic nitrogens is 1. The molecule has 1 aromatic heterocycles. The lowest BCUT2D eigenvalue weighted by Crippen LogP contribution is -2.14. The number of carbonyl (C=O) groups excluding carboxylic acids is 1. The van der Waals surface area contributed by atoms with Crippen LogP contribution in [0.4, 0.5) is 0 Å². The first-order valence-electron chi connectivity index (χ1n) is 8.51. The molecule has 1 atom stereocenters. The van der Waals surface area contributed by atoms with Crippen LogP contribution in [0.1, 0.15) is 39.8 Å². The van der Waals surface area contributed by atoms with Crippen LogP contribution in [-0.4, -0.2) is 36.0 Å². The second-order valence-corrected chi connectivity index (χ2v) is 10.9. The minimum Gasteiger partial charge on any atom is -0.344 e. The Morgan fingerprint density at radius 3 is 2.73 bits per heavy atom. The number of aryl methyl sites for hydroxylation is 1. The summed E-state index contributed by atoms with van der Waals surface area (Å²) in [6, 6.07) is 9.94. The summed E-state index contributed by atoms with van der Waals surface area (Å²) in [6.07, 6.45) is 0.629. The predicted molar refractivity (Wildman–Crippen MR) is 111 cm³/mol. The SMILES string of the molecule is Cc1cc(C(=O)CSCc2cccc(Br)c2)c(C)n1C1CCS(=O)(=O)C1. The zero-order valence-corrected chi connectivity index (χ0v) is 18.1. The summed E-state index contributed by atoms with van der Waals surface area (Å²) in [4.78, 5) is 12.7. The lowest BCUT2D eigenvalue weighted by atomic mass is 10.2. The van der Waals surface area contributed by atoms with Crippen LogP contribution in [0.15, 0.2) is 34.8 Å². The topological polar surface area (TPSA) is 56.1 Å². The van der Waals surface area contributed by atoms with E-state index in [9.17, 15) is 13.2 Å². The van der Waals surface area contributed by atoms with Gasteiger partial charge in [-0.25, -0.2) is 8.42 Å². The molecule has 3 rings (SSSR count). The molecule has 0 bridgehead atoms. The molecular formula is C19H22BrNO3S2. The van der Waals surface area contributed by atoms with Crippen LogP contribution >= 0.6 is 27.7 Å². The Morgan fingerprint density at radius 2 is 2.08 bits per heavy atom. The third-order valence-corrected chi connectivity index (χ3v) is 8.00. The quantitative estimate of drug-likeness (QED) is 0.607. The number of hydrogen-bond donors (Lipinski definition) is 0. The minimum absolute atomic E-state index is 0.0455. The minimum atomic E-state index is -2.95. The standard InChI is InChI=1S/C19H22BrNO3S2/c1-13-8-18(14(2)21(13)17-6-7-26(23,24)12-17)19(22)11-25-10-15-4-3-5-16(20)9-15/h3-5,8-9,17H,6-7,10-12H2,1-2H3. The van der Waals surface area contributed by atoms with Gasteiger partial charge in [0, 0.05) is 33.2 Å². The van der Waals surface area contributed by atoms with E-state index in [1.54, 1.807) is 11.8 Å². The summed E-state index contributed by atoms with van der Waals surface area (Å²) in [7, 11) is -2.95. The second-order valence-electron chi connectivity index (χ2n) is 6.76. The molecule has 4 nitrogen and oxygen atoms in total. The molecule has 0 aliphatic carbocycles. The fourth-order valence-electron chi connectivity index (χ4n) is 3.57. The number of benzene rings is 1. The van der Waals surface area contributed by atoms with E-state index in [-0.39, 0.29) is 23.3 Å². The van der Waals surface area contributed by atoms with Crippen LogP contribution in [0.2, 0.25) is 0 Å². The Labute approximate surface area is 167 Å². The van der Waals surface area contributed by atoms with Crippen molar-refractivity contribution >= 4 is 43.3 Å². The Balaban J connectivity index is 1.67. The maximum absolute atomic E-state index is 12.7. The number of sulfone groups is 1. The fraction of sp³-hybridized carbons (Fsp3) is 0.421. The summed E-state index contributed by atoms with van der Waals surface area (Å²) in [5, 5.41) is 0. The molecule has 2 heterocycles. The molecule has 2 aromatic rings. The van der Waals surface area contributed by atoms with E-state index in [0.717, 1.165) is 21.6 Å². The highest BCUT2D eigenvalue weighted by Crippen LogP contribution is 2.29. The van der Waals surface area contributed by atoms with Gasteiger partial charge in [0.05, 0.1) is 17.3 Å². The first kappa shape index (κ1) is 19.7. The molecule has 1 fully saturated rings. The van der Waals surface area contributed by atoms with Gasteiger partial charge in [-0.2, -0.15) is 0 Å². The smallest absolute Gasteiger partial charge is 0.174 e. The molecule has 1 unspecified atom stereocenters. The molecule has 0 spiro atoms. The first-order valence-corrected chi connectivity index (χ1v) is 12.3. The van der Waals surface area contributed by atoms with Gasteiger partial charge in [-0.05, 0) is 44.0 Å². The molecule has 1 aliphatic heterocycles. The number of rotatable bonds is 6. The fourth-order valence-corrected chi connectivity index (χ4v) is 6.57. The molecule has 0 amide bonds. The zero-order chi connectivity index (χ0) is 18.9. The molecule has 1 saturated heterocycles. The molecule has 140 valence electrons. The summed E-state index contributed by atoms with van der Waals surface area (Å²) >= 11 is 5.06. The number of Topliss-reactive ketones (excluding diaryl/α,β-unsaturated/α-hetero) is 1. The third-order valence-electron chi connectivity index (χ3n) is 4.75. The van der Waals surface area contributed by atoms with Crippen molar-refractivity contribution in [3.8, 4) is 0 Å². The van der Waals surface area contributed by atoms with Crippen molar-refractivity contribution in [2.75, 3.05) is 17.3 Å². The van der Waals surface area contributed by atoms with Gasteiger partial charge >= 0.3 is 0 Å². The summed E-state index contributed by atoms with van der Waals surface area (Å²) in [5.41, 5.74) is 3.75. The highest BCUT2D eigenvalue weighted by atomic mass is 79.9. The Morgan fingerprint density at radius 1 is 1.31 bits per heavy atom. The average Bonchev–Trinajstić information content (AvgIpc) is 3.06. The van der Waals surface area contributed by atoms with Crippen LogP contribution in [-0.2, 0) is 15.6 Å². The highest BCUT2D eigenvalue weighted by Gasteiger charge is 2.31. The Kier molecular flexibility index (Phi) is 5.99. The van der Waals surface area contributed by atoms with Crippen LogP contribution in [0, 0.1) is 13.8 Å². The molecule has 0 saturated carbocycles. The van der Waals surface area contributed by atoms with Crippen LogP contribution < -0.4 is 0 Å². The number of hydrogen-bond acceptors (Lipinski definition) is 4. The van der Waals surface area contributed by atoms with E-state index in [0.29, 0.717) is 17.7 Å². The van der Waals surface area contributed by atoms with Gasteiger partial charge in [0.15, 0.2) is 15.6 Å². The molecular weight excluding hydrogens is 434 g/mol. The highest BCUT2D eigenvalue weighted by molar-refractivity contribution is 9.10. The van der Waals surface area contributed by atoms with Crippen molar-refractivity contribution < 1.29 is 13.2 Å². The van der Waals surface area contributed by atoms with E-state index >= 15 is 0 Å². The molecule has 0 N–H and O–H groups in total. The van der Waals surface area contributed by atoms with E-state index in [1.807, 2.05) is 36.6 Å². The first-order chi connectivity index (χ1) is 12.3. The normalized spacial score (nSPS) is 19.0. The van der Waals surface area contributed by atoms with Crippen LogP contribution in [0.3, 0.4) is 0 Å². The van der Waals surface area contributed by atoms with Gasteiger partial charge in [-0.15, -0.1) is 11.8 Å². The van der Waals surface area contributed by atoms with Gasteiger partial charge in [0.2, 0.25) is 0 Å². The van der Waals surface area contributed by atoms with Gasteiger partial charge in [-0.3, -0.25) is 4.79 Å². The summed E-state index contributed by atoms with van der Waals surface area (Å²) < 4.78 is 26.7. The lowest BCUT2D eigenvalue weighted by Gasteiger charge is -2.16. The van der Waals surface area contributed by atoms with Crippen molar-refractivity contribution in [2.24, 2.45) is 0 Å². The average molecular weight is 456 g/mol. The van der Waals surface area contributed by atoms with Gasteiger partial charge < -0.3 is 4.57 Å². The van der Waals surface area contributed by atoms with E-state index in [2.05, 4.69) is 28.1 Å². The van der Waals surface area contributed by atoms with Gasteiger partial charge in [0.25, 0.3) is 0 Å². The van der Waals surface area contributed by atoms with Crippen molar-refractivity contribution in [3.63, 3.8) is 0 Å². The second kappa shape index (κ2) is 7.90. The number of thioether (sulfide) groups is 1. The van der Waals surface area contributed by atoms with E-state index in [4.69, 9.17) is 0 Å². The Bertz CT molecular complexity index is 934. The number of halogens is 1. The molecule has 7 heteroatoms. The van der Waals surface area contributed by atoms with E-state index in [1.165, 1.54) is 5.56 Å². The van der Waals surface area contributed by atoms with Crippen LogP contribution in [0.5, 0.6) is 0 Å². The van der Waals surface area contributed by atoms with Crippen molar-refractivity contribution in [2.45, 2.75) is 32.1 Å². The number of carbonyl (C=O) groups is 1. The van der Waals surface area contributed by atoms with Gasteiger partial charge in [-0.1, -0.05) is 28.1 Å². The predicted octanol–water partition coefficient (Wildman–Crippen LogP) is 4.34. The number of nitrogens with zero attached hydrogens (tertiary/aromatic N) is 1. The van der Waals surface area contributed by atoms with Crippen LogP contribution in [0.25, 0.3) is 0 Å². The lowest BCUT2D eigenvalue weighted by molar-refractivity contribution is 0.102. The summed E-state index contributed by atoms with van der Waals surface area (Å²) in [5.74, 6) is 1.71. The van der Waals surface area contributed by atoms with Crippen molar-refractivity contribution in [3.05, 3.63) is 57.3 Å². The maximum Gasteiger partial charge on any atom is 0.174 e. The molecule has 1 aromatic carbocycles. The molecule has 0 radical (unpaired) electrons. The van der Waals surface area contributed by atoms with Gasteiger partial charge in [0.1, 0.15) is 0 Å². The Hall–Kier alpha value is -1.05. The zero-order valence-electron chi connectivity index (χ0n) is 14.9. The summed E-state index contributed by atoms with van der Waals surface area (Å²) in [6.45, 7) is 3.87. The van der Waals surface area contributed by atoms with Crippen molar-refractivity contribution in [1.29, 1.82) is 0 Å². The molecule has 1 aliphatic rings. The van der Waals surface area contributed by atoms with Crippen molar-refractivity contribution in [1.82, 2.24) is 4.57 Å². The van der Waals surface area contributed by atoms with E-state index < -0.39 is 9.84 Å². The monoisotopic (exact) mass is 455 g/mol. The number of ketones is 1. The largest absolute Gasteiger partial charge is 0.344 e.